The van der Waals surface area contributed by atoms with E-state index in [0.29, 0.717) is 0 Å². The molecule has 2 nitrogen and oxygen atoms in total. The van der Waals surface area contributed by atoms with E-state index in [-0.39, 0.29) is 17.1 Å². The molecule has 0 spiro atoms. The normalized spacial score (nSPS) is 43.5. The Morgan fingerprint density at radius 2 is 2.06 bits per heavy atom. The largest absolute Gasteiger partial charge is 0.390 e. The van der Waals surface area contributed by atoms with Crippen LogP contribution in [0.2, 0.25) is 0 Å². The van der Waals surface area contributed by atoms with Crippen LogP contribution in [0.1, 0.15) is 52.9 Å². The van der Waals surface area contributed by atoms with Gasteiger partial charge in [-0.1, -0.05) is 19.4 Å². The van der Waals surface area contributed by atoms with Gasteiger partial charge in [-0.05, 0) is 50.5 Å². The van der Waals surface area contributed by atoms with Crippen LogP contribution in [0.25, 0.3) is 0 Å². The number of Topliss-reactive ketones (excluding diaryl/α,β-unsaturated/α-hetero) is 1. The van der Waals surface area contributed by atoms with E-state index in [4.69, 9.17) is 0 Å². The molecule has 2 rings (SSSR count). The van der Waals surface area contributed by atoms with Crippen molar-refractivity contribution in [2.75, 3.05) is 0 Å². The highest BCUT2D eigenvalue weighted by Crippen LogP contribution is 2.52. The predicted molar refractivity (Wildman–Crippen MR) is 64.1 cm³/mol. The fourth-order valence-corrected chi connectivity index (χ4v) is 3.57. The summed E-state index contributed by atoms with van der Waals surface area (Å²) in [5, 5.41) is 10.5. The maximum absolute atomic E-state index is 11.4. The predicted octanol–water partition coefficient (Wildman–Crippen LogP) is 2.85. The van der Waals surface area contributed by atoms with Crippen LogP contribution in [0.4, 0.5) is 0 Å². The Kier molecular flexibility index (Phi) is 2.73. The standard InChI is InChI=1S/C14H22O2/c1-10(15)11-5-8-13(2)6-4-7-14(3,16)12(13)9-11/h9,12,16H,4-8H2,1-3H3/t12-,13-,14+/m0/s1. The molecule has 0 aromatic rings. The van der Waals surface area contributed by atoms with Gasteiger partial charge >= 0.3 is 0 Å². The average molecular weight is 222 g/mol. The fourth-order valence-electron chi connectivity index (χ4n) is 3.57. The van der Waals surface area contributed by atoms with E-state index in [1.54, 1.807) is 6.92 Å². The van der Waals surface area contributed by atoms with Crippen LogP contribution in [-0.4, -0.2) is 16.5 Å². The summed E-state index contributed by atoms with van der Waals surface area (Å²) in [6, 6.07) is 0. The molecule has 0 saturated heterocycles. The Balaban J connectivity index is 2.36. The number of carbonyl (C=O) groups excluding carboxylic acids is 1. The van der Waals surface area contributed by atoms with Gasteiger partial charge in [0.05, 0.1) is 5.60 Å². The van der Waals surface area contributed by atoms with E-state index in [2.05, 4.69) is 13.0 Å². The third kappa shape index (κ3) is 1.84. The summed E-state index contributed by atoms with van der Waals surface area (Å²) >= 11 is 0. The van der Waals surface area contributed by atoms with Gasteiger partial charge in [-0.25, -0.2) is 0 Å². The molecule has 3 atom stereocenters. The van der Waals surface area contributed by atoms with Crippen molar-refractivity contribution in [2.45, 2.75) is 58.5 Å². The maximum Gasteiger partial charge on any atom is 0.155 e. The molecule has 0 radical (unpaired) electrons. The number of allylic oxidation sites excluding steroid dienone is 1. The lowest BCUT2D eigenvalue weighted by atomic mass is 9.56. The molecule has 0 unspecified atom stereocenters. The van der Waals surface area contributed by atoms with Crippen LogP contribution in [0.3, 0.4) is 0 Å². The molecule has 0 aromatic carbocycles. The molecule has 0 heterocycles. The number of rotatable bonds is 1. The second kappa shape index (κ2) is 3.69. The summed E-state index contributed by atoms with van der Waals surface area (Å²) in [5.41, 5.74) is 0.485. The van der Waals surface area contributed by atoms with Gasteiger partial charge in [0.15, 0.2) is 5.78 Å². The Morgan fingerprint density at radius 3 is 2.69 bits per heavy atom. The minimum atomic E-state index is -0.631. The quantitative estimate of drug-likeness (QED) is 0.740. The van der Waals surface area contributed by atoms with Crippen molar-refractivity contribution < 1.29 is 9.90 Å². The number of hydrogen-bond acceptors (Lipinski definition) is 2. The Labute approximate surface area is 97.7 Å². The van der Waals surface area contributed by atoms with E-state index < -0.39 is 5.60 Å². The molecule has 0 bridgehead atoms. The van der Waals surface area contributed by atoms with Gasteiger partial charge < -0.3 is 5.11 Å². The smallest absolute Gasteiger partial charge is 0.155 e. The first-order valence-electron chi connectivity index (χ1n) is 6.29. The number of fused-ring (bicyclic) bond motifs is 1. The molecule has 1 N–H and O–H groups in total. The van der Waals surface area contributed by atoms with Crippen molar-refractivity contribution in [1.82, 2.24) is 0 Å². The zero-order valence-corrected chi connectivity index (χ0v) is 10.5. The first-order chi connectivity index (χ1) is 7.35. The SMILES string of the molecule is CC(=O)C1=C[C@H]2[C@@](C)(CCC[C@@]2(C)O)CC1. The van der Waals surface area contributed by atoms with Gasteiger partial charge in [-0.3, -0.25) is 4.79 Å². The molecular formula is C14H22O2. The zero-order valence-electron chi connectivity index (χ0n) is 10.5. The third-order valence-electron chi connectivity index (χ3n) is 4.64. The lowest BCUT2D eigenvalue weighted by Crippen LogP contribution is -2.49. The Morgan fingerprint density at radius 1 is 1.38 bits per heavy atom. The molecule has 90 valence electrons. The highest BCUT2D eigenvalue weighted by molar-refractivity contribution is 5.93. The molecule has 0 aliphatic heterocycles. The lowest BCUT2D eigenvalue weighted by molar-refractivity contribution is -0.114. The average Bonchev–Trinajstić information content (AvgIpc) is 2.15. The summed E-state index contributed by atoms with van der Waals surface area (Å²) in [7, 11) is 0. The van der Waals surface area contributed by atoms with Crippen molar-refractivity contribution in [3.63, 3.8) is 0 Å². The highest BCUT2D eigenvalue weighted by Gasteiger charge is 2.48. The van der Waals surface area contributed by atoms with E-state index in [0.717, 1.165) is 31.3 Å². The summed E-state index contributed by atoms with van der Waals surface area (Å²) in [4.78, 5) is 11.4. The van der Waals surface area contributed by atoms with Crippen LogP contribution < -0.4 is 0 Å². The van der Waals surface area contributed by atoms with E-state index in [9.17, 15) is 9.90 Å². The van der Waals surface area contributed by atoms with Crippen LogP contribution in [-0.2, 0) is 4.79 Å². The third-order valence-corrected chi connectivity index (χ3v) is 4.64. The zero-order chi connectivity index (χ0) is 12.0. The summed E-state index contributed by atoms with van der Waals surface area (Å²) < 4.78 is 0. The van der Waals surface area contributed by atoms with Crippen molar-refractivity contribution in [1.29, 1.82) is 0 Å². The molecule has 2 aliphatic carbocycles. The van der Waals surface area contributed by atoms with Crippen LogP contribution in [0.15, 0.2) is 11.6 Å². The molecule has 16 heavy (non-hydrogen) atoms. The van der Waals surface area contributed by atoms with Crippen LogP contribution in [0.5, 0.6) is 0 Å². The Bertz CT molecular complexity index is 341. The second-order valence-corrected chi connectivity index (χ2v) is 6.09. The summed E-state index contributed by atoms with van der Waals surface area (Å²) in [5.74, 6) is 0.324. The van der Waals surface area contributed by atoms with Gasteiger partial charge in [0.1, 0.15) is 0 Å². The van der Waals surface area contributed by atoms with E-state index in [1.165, 1.54) is 6.42 Å². The number of aliphatic hydroxyl groups is 1. The van der Waals surface area contributed by atoms with Crippen molar-refractivity contribution >= 4 is 5.78 Å². The molecule has 0 aromatic heterocycles. The minimum absolute atomic E-state index is 0.154. The molecular weight excluding hydrogens is 200 g/mol. The highest BCUT2D eigenvalue weighted by atomic mass is 16.3. The van der Waals surface area contributed by atoms with Gasteiger partial charge in [0.25, 0.3) is 0 Å². The van der Waals surface area contributed by atoms with Crippen LogP contribution in [0, 0.1) is 11.3 Å². The molecule has 2 aliphatic rings. The molecule has 2 heteroatoms. The molecule has 1 saturated carbocycles. The number of carbonyl (C=O) groups is 1. The fraction of sp³-hybridized carbons (Fsp3) is 0.786. The summed E-state index contributed by atoms with van der Waals surface area (Å²) in [6.07, 6.45) is 7.12. The Hall–Kier alpha value is -0.630. The topological polar surface area (TPSA) is 37.3 Å². The second-order valence-electron chi connectivity index (χ2n) is 6.09. The monoisotopic (exact) mass is 222 g/mol. The minimum Gasteiger partial charge on any atom is -0.390 e. The first kappa shape index (κ1) is 11.8. The van der Waals surface area contributed by atoms with Gasteiger partial charge in [0, 0.05) is 5.92 Å². The lowest BCUT2D eigenvalue weighted by Gasteiger charge is -2.51. The maximum atomic E-state index is 11.4. The van der Waals surface area contributed by atoms with E-state index in [1.807, 2.05) is 6.92 Å². The number of ketones is 1. The molecule has 0 amide bonds. The van der Waals surface area contributed by atoms with Crippen LogP contribution >= 0.6 is 0 Å². The van der Waals surface area contributed by atoms with Gasteiger partial charge in [0.2, 0.25) is 0 Å². The van der Waals surface area contributed by atoms with E-state index >= 15 is 0 Å². The van der Waals surface area contributed by atoms with Crippen molar-refractivity contribution in [3.8, 4) is 0 Å². The van der Waals surface area contributed by atoms with Crippen molar-refractivity contribution in [2.24, 2.45) is 11.3 Å². The van der Waals surface area contributed by atoms with Crippen molar-refractivity contribution in [3.05, 3.63) is 11.6 Å². The molecule has 1 fully saturated rings. The van der Waals surface area contributed by atoms with Gasteiger partial charge in [-0.15, -0.1) is 0 Å². The summed E-state index contributed by atoms with van der Waals surface area (Å²) in [6.45, 7) is 5.82. The van der Waals surface area contributed by atoms with Gasteiger partial charge in [-0.2, -0.15) is 0 Å². The first-order valence-corrected chi connectivity index (χ1v) is 6.29. The number of hydrogen-bond donors (Lipinski definition) is 1.